The molecule has 8 nitrogen and oxygen atoms in total. The number of nitrogens with two attached hydrogens (primary N) is 1. The Kier molecular flexibility index (Phi) is 10.2. The van der Waals surface area contributed by atoms with E-state index >= 15 is 0 Å². The Bertz CT molecular complexity index is 1410. The van der Waals surface area contributed by atoms with Gasteiger partial charge in [0.05, 0.1) is 17.1 Å². The minimum Gasteiger partial charge on any atom is -0.475 e. The van der Waals surface area contributed by atoms with Crippen LogP contribution in [0.2, 0.25) is 0 Å². The molecule has 0 radical (unpaired) electrons. The van der Waals surface area contributed by atoms with Crippen LogP contribution < -0.4 is 5.73 Å². The average molecular weight is 578 g/mol. The number of hydrogen-bond acceptors (Lipinski definition) is 5. The number of alkyl halides is 6. The van der Waals surface area contributed by atoms with Gasteiger partial charge in [-0.2, -0.15) is 26.3 Å². The Hall–Kier alpha value is -4.60. The van der Waals surface area contributed by atoms with E-state index in [-0.39, 0.29) is 6.42 Å². The van der Waals surface area contributed by atoms with Gasteiger partial charge in [-0.15, -0.1) is 0 Å². The van der Waals surface area contributed by atoms with Gasteiger partial charge in [-0.25, -0.2) is 23.4 Å². The molecule has 4 aromatic rings. The molecule has 1 atom stereocenters. The molecule has 0 bridgehead atoms. The maximum atomic E-state index is 13.3. The van der Waals surface area contributed by atoms with Gasteiger partial charge in [0.2, 0.25) is 0 Å². The molecule has 5 N–H and O–H groups in total. The molecule has 214 valence electrons. The minimum atomic E-state index is -5.08. The third kappa shape index (κ3) is 9.61. The number of carboxylic acids is 2. The minimum absolute atomic E-state index is 0.283. The Morgan fingerprint density at radius 1 is 0.825 bits per heavy atom. The zero-order chi connectivity index (χ0) is 30.3. The van der Waals surface area contributed by atoms with Gasteiger partial charge < -0.3 is 20.9 Å². The summed E-state index contributed by atoms with van der Waals surface area (Å²) < 4.78 is 90.2. The number of nitrogens with zero attached hydrogens (tertiary/aromatic N) is 2. The number of aromatic nitrogens is 3. The van der Waals surface area contributed by atoms with Crippen molar-refractivity contribution in [3.63, 3.8) is 0 Å². The molecular weight excluding hydrogens is 560 g/mol. The second-order valence-corrected chi connectivity index (χ2v) is 7.78. The fourth-order valence-corrected chi connectivity index (χ4v) is 3.01. The lowest BCUT2D eigenvalue weighted by molar-refractivity contribution is -0.193. The summed E-state index contributed by atoms with van der Waals surface area (Å²) in [6.07, 6.45) is -6.40. The van der Waals surface area contributed by atoms with Crippen LogP contribution in [0.1, 0.15) is 17.4 Å². The molecule has 4 rings (SSSR count). The maximum Gasteiger partial charge on any atom is 0.490 e. The summed E-state index contributed by atoms with van der Waals surface area (Å²) in [6.45, 7) is 0. The molecule has 0 aliphatic carbocycles. The second kappa shape index (κ2) is 13.0. The predicted molar refractivity (Wildman–Crippen MR) is 124 cm³/mol. The first-order valence-corrected chi connectivity index (χ1v) is 10.7. The van der Waals surface area contributed by atoms with Crippen LogP contribution in [-0.4, -0.2) is 49.5 Å². The second-order valence-electron chi connectivity index (χ2n) is 7.78. The summed E-state index contributed by atoms with van der Waals surface area (Å²) in [5.74, 6) is -6.16. The van der Waals surface area contributed by atoms with Crippen molar-refractivity contribution in [3.05, 3.63) is 83.9 Å². The van der Waals surface area contributed by atoms with Gasteiger partial charge in [0.1, 0.15) is 17.5 Å². The molecule has 0 spiro atoms. The van der Waals surface area contributed by atoms with Gasteiger partial charge in [0, 0.05) is 18.5 Å². The third-order valence-corrected chi connectivity index (χ3v) is 4.73. The van der Waals surface area contributed by atoms with E-state index in [0.29, 0.717) is 11.4 Å². The first-order chi connectivity index (χ1) is 18.5. The Labute approximate surface area is 219 Å². The molecular formula is C24H18F8N4O4. The van der Waals surface area contributed by atoms with Crippen LogP contribution in [0.4, 0.5) is 35.1 Å². The largest absolute Gasteiger partial charge is 0.490 e. The SMILES string of the molecule is N[C@H](Cc1cc(F)cc(F)c1)c1nc2ccc(-c3ccncc3)cc2[nH]1.O=C(O)C(F)(F)F.O=C(O)C(F)(F)F. The number of aromatic amines is 1. The highest BCUT2D eigenvalue weighted by Crippen LogP contribution is 2.25. The lowest BCUT2D eigenvalue weighted by atomic mass is 10.1. The molecule has 2 aromatic carbocycles. The quantitative estimate of drug-likeness (QED) is 0.237. The number of H-pyrrole nitrogens is 1. The van der Waals surface area contributed by atoms with Gasteiger partial charge in [-0.05, 0) is 59.5 Å². The number of nitrogens with one attached hydrogen (secondary N) is 1. The highest BCUT2D eigenvalue weighted by molar-refractivity contribution is 5.82. The molecule has 2 aromatic heterocycles. The number of hydrogen-bond donors (Lipinski definition) is 4. The monoisotopic (exact) mass is 578 g/mol. The van der Waals surface area contributed by atoms with Crippen LogP contribution in [-0.2, 0) is 16.0 Å². The normalized spacial score (nSPS) is 12.0. The van der Waals surface area contributed by atoms with Gasteiger partial charge in [0.15, 0.2) is 0 Å². The lowest BCUT2D eigenvalue weighted by Crippen LogP contribution is -2.21. The lowest BCUT2D eigenvalue weighted by Gasteiger charge is -2.09. The van der Waals surface area contributed by atoms with Crippen LogP contribution in [0.15, 0.2) is 60.9 Å². The van der Waals surface area contributed by atoms with Crippen molar-refractivity contribution < 1.29 is 54.9 Å². The summed E-state index contributed by atoms with van der Waals surface area (Å²) in [6, 6.07) is 12.7. The molecule has 0 fully saturated rings. The number of pyridine rings is 1. The number of halogens is 8. The standard InChI is InChI=1S/C20H16F2N4.2C2HF3O2/c21-15-7-12(8-16(22)11-15)9-17(23)20-25-18-2-1-14(10-19(18)26-20)13-3-5-24-6-4-13;2*3-2(4,5)1(6)7/h1-8,10-11,17H,9,23H2,(H,25,26);2*(H,6,7)/t17-;;/m1../s1. The molecule has 16 heteroatoms. The van der Waals surface area contributed by atoms with Crippen LogP contribution >= 0.6 is 0 Å². The Morgan fingerprint density at radius 2 is 1.32 bits per heavy atom. The number of carboxylic acid groups (broad SMARTS) is 2. The number of imidazole rings is 1. The zero-order valence-corrected chi connectivity index (χ0v) is 19.8. The highest BCUT2D eigenvalue weighted by atomic mass is 19.4. The fraction of sp³-hybridized carbons (Fsp3) is 0.167. The Balaban J connectivity index is 0.000000333. The molecule has 0 aliphatic heterocycles. The van der Waals surface area contributed by atoms with Crippen LogP contribution in [0.3, 0.4) is 0 Å². The van der Waals surface area contributed by atoms with E-state index in [1.807, 2.05) is 30.3 Å². The Morgan fingerprint density at radius 3 is 1.80 bits per heavy atom. The van der Waals surface area contributed by atoms with Crippen LogP contribution in [0, 0.1) is 11.6 Å². The van der Waals surface area contributed by atoms with Crippen molar-refractivity contribution in [3.8, 4) is 11.1 Å². The van der Waals surface area contributed by atoms with Crippen molar-refractivity contribution in [2.45, 2.75) is 24.8 Å². The van der Waals surface area contributed by atoms with Crippen molar-refractivity contribution in [1.82, 2.24) is 15.0 Å². The van der Waals surface area contributed by atoms with Crippen molar-refractivity contribution >= 4 is 23.0 Å². The van der Waals surface area contributed by atoms with E-state index in [1.54, 1.807) is 12.4 Å². The predicted octanol–water partition coefficient (Wildman–Crippen LogP) is 5.41. The fourth-order valence-electron chi connectivity index (χ4n) is 3.01. The molecule has 0 saturated heterocycles. The van der Waals surface area contributed by atoms with Crippen molar-refractivity contribution in [2.75, 3.05) is 0 Å². The average Bonchev–Trinajstić information content (AvgIpc) is 3.27. The van der Waals surface area contributed by atoms with E-state index in [4.69, 9.17) is 25.5 Å². The maximum absolute atomic E-state index is 13.3. The zero-order valence-electron chi connectivity index (χ0n) is 19.8. The van der Waals surface area contributed by atoms with Crippen molar-refractivity contribution in [2.24, 2.45) is 5.73 Å². The first kappa shape index (κ1) is 31.6. The van der Waals surface area contributed by atoms with E-state index in [1.165, 1.54) is 12.1 Å². The number of rotatable bonds is 4. The third-order valence-electron chi connectivity index (χ3n) is 4.73. The summed E-state index contributed by atoms with van der Waals surface area (Å²) in [4.78, 5) is 29.5. The molecule has 0 amide bonds. The summed E-state index contributed by atoms with van der Waals surface area (Å²) in [5, 5.41) is 14.2. The number of aliphatic carboxylic acids is 2. The van der Waals surface area contributed by atoms with Crippen LogP contribution in [0.25, 0.3) is 22.2 Å². The summed E-state index contributed by atoms with van der Waals surface area (Å²) >= 11 is 0. The van der Waals surface area contributed by atoms with E-state index in [9.17, 15) is 35.1 Å². The smallest absolute Gasteiger partial charge is 0.475 e. The van der Waals surface area contributed by atoms with E-state index in [0.717, 1.165) is 28.2 Å². The van der Waals surface area contributed by atoms with E-state index in [2.05, 4.69) is 15.0 Å². The van der Waals surface area contributed by atoms with Crippen molar-refractivity contribution in [1.29, 1.82) is 0 Å². The number of benzene rings is 2. The van der Waals surface area contributed by atoms with Crippen LogP contribution in [0.5, 0.6) is 0 Å². The summed E-state index contributed by atoms with van der Waals surface area (Å²) in [5.41, 5.74) is 10.4. The molecule has 0 saturated carbocycles. The molecule has 40 heavy (non-hydrogen) atoms. The topological polar surface area (TPSA) is 142 Å². The highest BCUT2D eigenvalue weighted by Gasteiger charge is 2.38. The van der Waals surface area contributed by atoms with Gasteiger partial charge in [-0.1, -0.05) is 6.07 Å². The first-order valence-electron chi connectivity index (χ1n) is 10.7. The van der Waals surface area contributed by atoms with Gasteiger partial charge in [-0.3, -0.25) is 4.98 Å². The molecule has 2 heterocycles. The van der Waals surface area contributed by atoms with E-state index < -0.39 is 42.0 Å². The summed E-state index contributed by atoms with van der Waals surface area (Å²) in [7, 11) is 0. The number of carbonyl (C=O) groups is 2. The molecule has 0 aliphatic rings. The number of fused-ring (bicyclic) bond motifs is 1. The van der Waals surface area contributed by atoms with Gasteiger partial charge >= 0.3 is 24.3 Å². The van der Waals surface area contributed by atoms with Gasteiger partial charge in [0.25, 0.3) is 0 Å². The molecule has 0 unspecified atom stereocenters.